The Hall–Kier alpha value is -1.53. The molecule has 0 aromatic heterocycles. The Morgan fingerprint density at radius 2 is 2.26 bits per heavy atom. The number of hydrogen-bond acceptors (Lipinski definition) is 2. The number of unbranched alkanes of at least 4 members (excludes halogenated alkanes) is 1. The minimum absolute atomic E-state index is 0.147. The second-order valence-electron chi connectivity index (χ2n) is 4.50. The lowest BCUT2D eigenvalue weighted by Gasteiger charge is -2.19. The fourth-order valence-electron chi connectivity index (χ4n) is 2.01. The quantitative estimate of drug-likeness (QED) is 0.570. The van der Waals surface area contributed by atoms with Crippen molar-refractivity contribution in [3.8, 4) is 18.1 Å². The van der Waals surface area contributed by atoms with Gasteiger partial charge in [-0.1, -0.05) is 13.0 Å². The Bertz CT molecular complexity index is 425. The van der Waals surface area contributed by atoms with Crippen LogP contribution in [0.2, 0.25) is 0 Å². The number of methoxy groups -OCH3 is 1. The summed E-state index contributed by atoms with van der Waals surface area (Å²) in [4.78, 5) is 0. The predicted octanol–water partition coefficient (Wildman–Crippen LogP) is 3.68. The third-order valence-electron chi connectivity index (χ3n) is 3.03. The fourth-order valence-corrected chi connectivity index (χ4v) is 2.01. The first-order chi connectivity index (χ1) is 9.22. The third-order valence-corrected chi connectivity index (χ3v) is 3.03. The first kappa shape index (κ1) is 15.5. The van der Waals surface area contributed by atoms with Gasteiger partial charge in [-0.25, -0.2) is 4.39 Å². The van der Waals surface area contributed by atoms with Gasteiger partial charge in [0.1, 0.15) is 0 Å². The van der Waals surface area contributed by atoms with Crippen molar-refractivity contribution >= 4 is 0 Å². The minimum atomic E-state index is -0.319. The Balaban J connectivity index is 2.77. The van der Waals surface area contributed by atoms with Gasteiger partial charge in [0.15, 0.2) is 11.6 Å². The molecule has 0 spiro atoms. The lowest BCUT2D eigenvalue weighted by Crippen LogP contribution is -2.22. The molecule has 0 fully saturated rings. The Labute approximate surface area is 115 Å². The molecule has 19 heavy (non-hydrogen) atoms. The van der Waals surface area contributed by atoms with Crippen LogP contribution in [0.25, 0.3) is 0 Å². The van der Waals surface area contributed by atoms with E-state index in [1.165, 1.54) is 7.11 Å². The van der Waals surface area contributed by atoms with Crippen molar-refractivity contribution < 1.29 is 9.13 Å². The van der Waals surface area contributed by atoms with Crippen molar-refractivity contribution in [2.75, 3.05) is 13.7 Å². The van der Waals surface area contributed by atoms with Gasteiger partial charge in [-0.15, -0.1) is 12.3 Å². The molecule has 2 nitrogen and oxygen atoms in total. The number of ether oxygens (including phenoxy) is 1. The highest BCUT2D eigenvalue weighted by atomic mass is 19.1. The molecule has 1 aromatic rings. The van der Waals surface area contributed by atoms with Gasteiger partial charge >= 0.3 is 0 Å². The zero-order valence-corrected chi connectivity index (χ0v) is 11.7. The molecule has 0 saturated heterocycles. The summed E-state index contributed by atoms with van der Waals surface area (Å²) in [5, 5.41) is 3.43. The van der Waals surface area contributed by atoms with E-state index in [0.717, 1.165) is 37.8 Å². The third kappa shape index (κ3) is 4.92. The van der Waals surface area contributed by atoms with E-state index in [1.807, 2.05) is 6.07 Å². The summed E-state index contributed by atoms with van der Waals surface area (Å²) in [5.41, 5.74) is 0.948. The molecule has 1 N–H and O–H groups in total. The van der Waals surface area contributed by atoms with Crippen LogP contribution in [0.15, 0.2) is 18.2 Å². The molecule has 0 radical (unpaired) electrons. The van der Waals surface area contributed by atoms with Gasteiger partial charge in [0.25, 0.3) is 0 Å². The van der Waals surface area contributed by atoms with E-state index in [0.29, 0.717) is 0 Å². The van der Waals surface area contributed by atoms with Crippen LogP contribution >= 0.6 is 0 Å². The smallest absolute Gasteiger partial charge is 0.165 e. The SMILES string of the molecule is C#CCCCC(NCCC)c1ccc(OC)c(F)c1. The van der Waals surface area contributed by atoms with Gasteiger partial charge in [0, 0.05) is 12.5 Å². The van der Waals surface area contributed by atoms with Gasteiger partial charge in [-0.05, 0) is 43.5 Å². The molecular weight excluding hydrogens is 241 g/mol. The molecule has 0 bridgehead atoms. The van der Waals surface area contributed by atoms with Gasteiger partial charge in [0.2, 0.25) is 0 Å². The number of rotatable bonds is 8. The molecule has 3 heteroatoms. The topological polar surface area (TPSA) is 21.3 Å². The summed E-state index contributed by atoms with van der Waals surface area (Å²) in [6.07, 6.45) is 8.92. The first-order valence-corrected chi connectivity index (χ1v) is 6.73. The average Bonchev–Trinajstić information content (AvgIpc) is 2.42. The highest BCUT2D eigenvalue weighted by Gasteiger charge is 2.13. The molecule has 1 unspecified atom stereocenters. The molecule has 1 rings (SSSR count). The van der Waals surface area contributed by atoms with E-state index < -0.39 is 0 Å². The van der Waals surface area contributed by atoms with E-state index in [4.69, 9.17) is 11.2 Å². The standard InChI is InChI=1S/C16H22FNO/c1-4-6-7-8-15(18-11-5-2)13-9-10-16(19-3)14(17)12-13/h1,9-10,12,15,18H,5-8,11H2,2-3H3. The summed E-state index contributed by atoms with van der Waals surface area (Å²) < 4.78 is 18.7. The van der Waals surface area contributed by atoms with E-state index in [-0.39, 0.29) is 17.6 Å². The molecule has 1 aromatic carbocycles. The molecule has 0 aliphatic carbocycles. The van der Waals surface area contributed by atoms with Gasteiger partial charge in [0.05, 0.1) is 7.11 Å². The largest absolute Gasteiger partial charge is 0.494 e. The lowest BCUT2D eigenvalue weighted by atomic mass is 10.0. The summed E-state index contributed by atoms with van der Waals surface area (Å²) in [6.45, 7) is 3.02. The maximum atomic E-state index is 13.7. The highest BCUT2D eigenvalue weighted by molar-refractivity contribution is 5.31. The van der Waals surface area contributed by atoms with Crippen molar-refractivity contribution in [1.29, 1.82) is 0 Å². The maximum absolute atomic E-state index is 13.7. The predicted molar refractivity (Wildman–Crippen MR) is 76.7 cm³/mol. The van der Waals surface area contributed by atoms with E-state index in [1.54, 1.807) is 12.1 Å². The highest BCUT2D eigenvalue weighted by Crippen LogP contribution is 2.25. The van der Waals surface area contributed by atoms with Gasteiger partial charge < -0.3 is 10.1 Å². The van der Waals surface area contributed by atoms with Crippen molar-refractivity contribution in [3.63, 3.8) is 0 Å². The Morgan fingerprint density at radius 3 is 2.84 bits per heavy atom. The number of nitrogens with one attached hydrogen (secondary N) is 1. The van der Waals surface area contributed by atoms with Crippen molar-refractivity contribution in [1.82, 2.24) is 5.32 Å². The Kier molecular flexibility index (Phi) is 6.99. The van der Waals surface area contributed by atoms with Crippen molar-refractivity contribution in [3.05, 3.63) is 29.6 Å². The van der Waals surface area contributed by atoms with Crippen LogP contribution in [0.1, 0.15) is 44.2 Å². The molecule has 0 saturated carbocycles. The van der Waals surface area contributed by atoms with Gasteiger partial charge in [-0.2, -0.15) is 0 Å². The van der Waals surface area contributed by atoms with Crippen LogP contribution in [0.4, 0.5) is 4.39 Å². The summed E-state index contributed by atoms with van der Waals surface area (Å²) in [5.74, 6) is 2.60. The zero-order valence-electron chi connectivity index (χ0n) is 11.7. The molecule has 1 atom stereocenters. The summed E-state index contributed by atoms with van der Waals surface area (Å²) >= 11 is 0. The molecule has 0 aliphatic rings. The van der Waals surface area contributed by atoms with E-state index in [2.05, 4.69) is 18.2 Å². The summed E-state index contributed by atoms with van der Waals surface area (Å²) in [6, 6.07) is 5.27. The monoisotopic (exact) mass is 263 g/mol. The van der Waals surface area contributed by atoms with Crippen LogP contribution in [0.5, 0.6) is 5.75 Å². The normalized spacial score (nSPS) is 11.9. The number of terminal acetylenes is 1. The molecule has 0 amide bonds. The lowest BCUT2D eigenvalue weighted by molar-refractivity contribution is 0.385. The second-order valence-corrected chi connectivity index (χ2v) is 4.50. The Morgan fingerprint density at radius 1 is 1.47 bits per heavy atom. The van der Waals surface area contributed by atoms with Gasteiger partial charge in [-0.3, -0.25) is 0 Å². The fraction of sp³-hybridized carbons (Fsp3) is 0.500. The number of benzene rings is 1. The second kappa shape index (κ2) is 8.55. The molecule has 0 heterocycles. The van der Waals surface area contributed by atoms with Crippen molar-refractivity contribution in [2.45, 2.75) is 38.6 Å². The molecule has 104 valence electrons. The maximum Gasteiger partial charge on any atom is 0.165 e. The molecular formula is C16H22FNO. The minimum Gasteiger partial charge on any atom is -0.494 e. The zero-order chi connectivity index (χ0) is 14.1. The van der Waals surface area contributed by atoms with Crippen LogP contribution < -0.4 is 10.1 Å². The van der Waals surface area contributed by atoms with Crippen LogP contribution in [0.3, 0.4) is 0 Å². The summed E-state index contributed by atoms with van der Waals surface area (Å²) in [7, 11) is 1.47. The number of halogens is 1. The number of hydrogen-bond donors (Lipinski definition) is 1. The van der Waals surface area contributed by atoms with Crippen LogP contribution in [-0.4, -0.2) is 13.7 Å². The van der Waals surface area contributed by atoms with Crippen LogP contribution in [-0.2, 0) is 0 Å². The van der Waals surface area contributed by atoms with Crippen molar-refractivity contribution in [2.24, 2.45) is 0 Å². The average molecular weight is 263 g/mol. The van der Waals surface area contributed by atoms with E-state index in [9.17, 15) is 4.39 Å². The molecule has 0 aliphatic heterocycles. The first-order valence-electron chi connectivity index (χ1n) is 6.73. The van der Waals surface area contributed by atoms with Crippen LogP contribution in [0, 0.1) is 18.2 Å². The van der Waals surface area contributed by atoms with E-state index >= 15 is 0 Å².